The summed E-state index contributed by atoms with van der Waals surface area (Å²) in [6.07, 6.45) is 6.39. The summed E-state index contributed by atoms with van der Waals surface area (Å²) >= 11 is 3.32. The molecule has 1 aliphatic rings. The number of aromatic nitrogens is 1. The molecule has 0 aliphatic heterocycles. The van der Waals surface area contributed by atoms with Crippen molar-refractivity contribution in [2.75, 3.05) is 5.06 Å². The summed E-state index contributed by atoms with van der Waals surface area (Å²) in [5, 5.41) is 11.4. The van der Waals surface area contributed by atoms with Crippen LogP contribution in [0.25, 0.3) is 0 Å². The molecule has 0 amide bonds. The van der Waals surface area contributed by atoms with Crippen molar-refractivity contribution in [1.29, 1.82) is 0 Å². The molecule has 2 rings (SSSR count). The van der Waals surface area contributed by atoms with E-state index in [1.54, 1.807) is 12.3 Å². The van der Waals surface area contributed by atoms with Gasteiger partial charge in [-0.1, -0.05) is 12.2 Å². The van der Waals surface area contributed by atoms with Crippen molar-refractivity contribution >= 4 is 21.7 Å². The van der Waals surface area contributed by atoms with E-state index in [0.29, 0.717) is 5.82 Å². The normalized spacial score (nSPS) is 22.8. The van der Waals surface area contributed by atoms with E-state index < -0.39 is 0 Å². The van der Waals surface area contributed by atoms with Crippen LogP contribution in [0.2, 0.25) is 0 Å². The first-order valence-electron chi connectivity index (χ1n) is 6.31. The number of ether oxygens (including phenoxy) is 1. The fourth-order valence-corrected chi connectivity index (χ4v) is 2.28. The van der Waals surface area contributed by atoms with Crippen LogP contribution in [0.5, 0.6) is 0 Å². The second-order valence-corrected chi connectivity index (χ2v) is 6.55. The summed E-state index contributed by atoms with van der Waals surface area (Å²) in [5.41, 5.74) is -0.181. The first kappa shape index (κ1) is 14.5. The van der Waals surface area contributed by atoms with E-state index in [2.05, 4.69) is 20.9 Å². The van der Waals surface area contributed by atoms with E-state index in [-0.39, 0.29) is 17.7 Å². The van der Waals surface area contributed by atoms with Crippen LogP contribution in [-0.2, 0) is 4.74 Å². The van der Waals surface area contributed by atoms with Crippen LogP contribution in [0, 0.1) is 0 Å². The molecule has 1 aliphatic carbocycles. The predicted molar refractivity (Wildman–Crippen MR) is 78.4 cm³/mol. The maximum atomic E-state index is 10.2. The summed E-state index contributed by atoms with van der Waals surface area (Å²) < 4.78 is 6.77. The molecular formula is C14H19BrN2O2. The van der Waals surface area contributed by atoms with Gasteiger partial charge >= 0.3 is 0 Å². The van der Waals surface area contributed by atoms with Gasteiger partial charge in [-0.25, -0.2) is 10.0 Å². The average Bonchev–Trinajstić information content (AvgIpc) is 2.75. The monoisotopic (exact) mass is 326 g/mol. The van der Waals surface area contributed by atoms with Crippen molar-refractivity contribution in [2.45, 2.75) is 44.9 Å². The zero-order chi connectivity index (χ0) is 14.0. The Labute approximate surface area is 122 Å². The fourth-order valence-electron chi connectivity index (χ4n) is 2.04. The number of hydrogen-bond donors (Lipinski definition) is 1. The minimum atomic E-state index is -0.181. The van der Waals surface area contributed by atoms with Crippen molar-refractivity contribution in [3.63, 3.8) is 0 Å². The van der Waals surface area contributed by atoms with Gasteiger partial charge in [-0.05, 0) is 48.8 Å². The lowest BCUT2D eigenvalue weighted by atomic mass is 10.1. The smallest absolute Gasteiger partial charge is 0.152 e. The van der Waals surface area contributed by atoms with E-state index in [1.807, 2.05) is 39.0 Å². The molecule has 104 valence electrons. The van der Waals surface area contributed by atoms with Crippen LogP contribution in [0.1, 0.15) is 27.2 Å². The van der Waals surface area contributed by atoms with Crippen molar-refractivity contribution in [1.82, 2.24) is 4.98 Å². The molecule has 1 unspecified atom stereocenters. The van der Waals surface area contributed by atoms with Crippen LogP contribution < -0.4 is 5.06 Å². The lowest BCUT2D eigenvalue weighted by Gasteiger charge is -2.26. The molecular weight excluding hydrogens is 308 g/mol. The molecule has 2 atom stereocenters. The second-order valence-electron chi connectivity index (χ2n) is 5.64. The number of anilines is 1. The maximum absolute atomic E-state index is 10.2. The highest BCUT2D eigenvalue weighted by atomic mass is 79.9. The third-order valence-electron chi connectivity index (χ3n) is 2.79. The Kier molecular flexibility index (Phi) is 4.28. The minimum absolute atomic E-state index is 0.0371. The highest BCUT2D eigenvalue weighted by Crippen LogP contribution is 2.25. The number of nitrogens with zero attached hydrogens (tertiary/aromatic N) is 2. The van der Waals surface area contributed by atoms with Gasteiger partial charge in [-0.15, -0.1) is 0 Å². The summed E-state index contributed by atoms with van der Waals surface area (Å²) in [7, 11) is 0. The topological polar surface area (TPSA) is 45.6 Å². The number of pyridine rings is 1. The lowest BCUT2D eigenvalue weighted by molar-refractivity contribution is -0.0400. The van der Waals surface area contributed by atoms with Crippen LogP contribution in [0.3, 0.4) is 0 Å². The molecule has 0 aromatic carbocycles. The number of halogens is 1. The van der Waals surface area contributed by atoms with Crippen LogP contribution in [0.4, 0.5) is 5.82 Å². The largest absolute Gasteiger partial charge is 0.368 e. The molecule has 0 saturated heterocycles. The molecule has 1 N–H and O–H groups in total. The van der Waals surface area contributed by atoms with E-state index >= 15 is 0 Å². The molecule has 19 heavy (non-hydrogen) atoms. The van der Waals surface area contributed by atoms with Gasteiger partial charge in [0.1, 0.15) is 0 Å². The molecule has 0 saturated carbocycles. The number of hydroxylamine groups is 1. The fraction of sp³-hybridized carbons (Fsp3) is 0.500. The number of rotatable bonds is 3. The summed E-state index contributed by atoms with van der Waals surface area (Å²) in [6.45, 7) is 6.09. The van der Waals surface area contributed by atoms with Gasteiger partial charge in [-0.2, -0.15) is 0 Å². The first-order chi connectivity index (χ1) is 8.85. The molecule has 5 heteroatoms. The molecule has 1 heterocycles. The van der Waals surface area contributed by atoms with Gasteiger partial charge in [0.15, 0.2) is 5.82 Å². The lowest BCUT2D eigenvalue weighted by Crippen LogP contribution is -2.33. The van der Waals surface area contributed by atoms with Crippen molar-refractivity contribution in [2.24, 2.45) is 0 Å². The Balaban J connectivity index is 1.97. The molecule has 1 aromatic heterocycles. The third kappa shape index (κ3) is 4.03. The zero-order valence-corrected chi connectivity index (χ0v) is 13.0. The Morgan fingerprint density at radius 2 is 2.11 bits per heavy atom. The number of hydrogen-bond acceptors (Lipinski definition) is 4. The molecule has 0 bridgehead atoms. The van der Waals surface area contributed by atoms with Gasteiger partial charge < -0.3 is 4.74 Å². The van der Waals surface area contributed by atoms with E-state index in [4.69, 9.17) is 4.74 Å². The molecule has 4 nitrogen and oxygen atoms in total. The highest BCUT2D eigenvalue weighted by Gasteiger charge is 2.28. The highest BCUT2D eigenvalue weighted by molar-refractivity contribution is 9.10. The summed E-state index contributed by atoms with van der Waals surface area (Å²) in [6, 6.07) is 3.53. The van der Waals surface area contributed by atoms with Crippen LogP contribution in [0.15, 0.2) is 35.0 Å². The molecule has 0 radical (unpaired) electrons. The first-order valence-corrected chi connectivity index (χ1v) is 7.10. The van der Waals surface area contributed by atoms with Crippen molar-refractivity contribution < 1.29 is 9.94 Å². The standard InChI is InChI=1S/C14H19BrN2O2/c1-14(2,3)19-12-6-5-11(8-12)17(18)13-7-4-10(15)9-16-13/h4-7,9,11-12,18H,8H2,1-3H3/t11-,12?/m1/s1. The van der Waals surface area contributed by atoms with Gasteiger partial charge in [0.25, 0.3) is 0 Å². The minimum Gasteiger partial charge on any atom is -0.368 e. The van der Waals surface area contributed by atoms with E-state index in [0.717, 1.165) is 10.9 Å². The average molecular weight is 327 g/mol. The predicted octanol–water partition coefficient (Wildman–Crippen LogP) is 3.55. The van der Waals surface area contributed by atoms with Gasteiger partial charge in [-0.3, -0.25) is 5.21 Å². The van der Waals surface area contributed by atoms with Crippen LogP contribution >= 0.6 is 15.9 Å². The van der Waals surface area contributed by atoms with Crippen molar-refractivity contribution in [3.8, 4) is 0 Å². The molecule has 0 fully saturated rings. The van der Waals surface area contributed by atoms with E-state index in [9.17, 15) is 5.21 Å². The quantitative estimate of drug-likeness (QED) is 0.681. The van der Waals surface area contributed by atoms with Gasteiger partial charge in [0, 0.05) is 17.1 Å². The molecule has 1 aromatic rings. The summed E-state index contributed by atoms with van der Waals surface area (Å²) in [4.78, 5) is 4.18. The Morgan fingerprint density at radius 1 is 1.37 bits per heavy atom. The van der Waals surface area contributed by atoms with Gasteiger partial charge in [0.2, 0.25) is 0 Å². The maximum Gasteiger partial charge on any atom is 0.152 e. The van der Waals surface area contributed by atoms with Gasteiger partial charge in [0.05, 0.1) is 17.7 Å². The zero-order valence-electron chi connectivity index (χ0n) is 11.4. The Hall–Kier alpha value is -0.910. The second kappa shape index (κ2) is 5.61. The van der Waals surface area contributed by atoms with E-state index in [1.165, 1.54) is 5.06 Å². The Bertz CT molecular complexity index is 454. The summed E-state index contributed by atoms with van der Waals surface area (Å²) in [5.74, 6) is 0.536. The van der Waals surface area contributed by atoms with Crippen LogP contribution in [-0.4, -0.2) is 27.9 Å². The third-order valence-corrected chi connectivity index (χ3v) is 3.26. The van der Waals surface area contributed by atoms with Crippen molar-refractivity contribution in [3.05, 3.63) is 35.0 Å². The molecule has 0 spiro atoms. The Morgan fingerprint density at radius 3 is 2.68 bits per heavy atom. The SMILES string of the molecule is CC(C)(C)OC1C=C[C@@H](N(O)c2ccc(Br)cn2)C1.